The van der Waals surface area contributed by atoms with Crippen LogP contribution in [0.4, 0.5) is 10.1 Å². The van der Waals surface area contributed by atoms with E-state index in [1.54, 1.807) is 32.1 Å². The Hall–Kier alpha value is -3.23. The molecule has 194 valence electrons. The summed E-state index contributed by atoms with van der Waals surface area (Å²) in [5, 5.41) is 2.60. The van der Waals surface area contributed by atoms with E-state index >= 15 is 0 Å². The van der Waals surface area contributed by atoms with Crippen molar-refractivity contribution in [3.63, 3.8) is 0 Å². The Kier molecular flexibility index (Phi) is 8.61. The van der Waals surface area contributed by atoms with Gasteiger partial charge in [-0.3, -0.25) is 9.59 Å². The predicted molar refractivity (Wildman–Crippen MR) is 144 cm³/mol. The van der Waals surface area contributed by atoms with Crippen molar-refractivity contribution in [3.05, 3.63) is 82.6 Å². The van der Waals surface area contributed by atoms with Crippen molar-refractivity contribution in [2.24, 2.45) is 5.92 Å². The molecule has 0 spiro atoms. The number of benzene rings is 3. The molecule has 9 heteroatoms. The molecule has 2 amide bonds. The summed E-state index contributed by atoms with van der Waals surface area (Å²) < 4.78 is 24.2. The molecule has 37 heavy (non-hydrogen) atoms. The highest BCUT2D eigenvalue weighted by atomic mass is 35.5. The Morgan fingerprint density at radius 3 is 2.59 bits per heavy atom. The monoisotopic (exact) mass is 542 g/mol. The molecule has 6 nitrogen and oxygen atoms in total. The van der Waals surface area contributed by atoms with Crippen LogP contribution in [0.1, 0.15) is 18.1 Å². The second kappa shape index (κ2) is 11.9. The minimum absolute atomic E-state index is 0.180. The molecule has 3 aromatic rings. The summed E-state index contributed by atoms with van der Waals surface area (Å²) in [6, 6.07) is 17.3. The average molecular weight is 543 g/mol. The van der Waals surface area contributed by atoms with Crippen LogP contribution < -0.4 is 19.7 Å². The van der Waals surface area contributed by atoms with Gasteiger partial charge in [0.15, 0.2) is 11.5 Å². The number of carbonyl (C=O) groups is 2. The molecule has 0 fully saturated rings. The number of hydrogen-bond donors (Lipinski definition) is 1. The van der Waals surface area contributed by atoms with Crippen LogP contribution in [0, 0.1) is 11.7 Å². The number of thioether (sulfide) groups is 1. The van der Waals surface area contributed by atoms with Crippen molar-refractivity contribution < 1.29 is 23.5 Å². The fraction of sp³-hybridized carbons (Fsp3) is 0.286. The van der Waals surface area contributed by atoms with Crippen LogP contribution in [-0.2, 0) is 22.6 Å². The van der Waals surface area contributed by atoms with Gasteiger partial charge in [0.1, 0.15) is 11.1 Å². The first-order valence-corrected chi connectivity index (χ1v) is 13.1. The summed E-state index contributed by atoms with van der Waals surface area (Å²) in [7, 11) is 3.16. The van der Waals surface area contributed by atoms with Crippen molar-refractivity contribution in [2.45, 2.75) is 30.0 Å². The summed E-state index contributed by atoms with van der Waals surface area (Å²) in [5.41, 5.74) is 2.36. The zero-order chi connectivity index (χ0) is 26.5. The first-order chi connectivity index (χ1) is 17.8. The van der Waals surface area contributed by atoms with Gasteiger partial charge in [-0.2, -0.15) is 0 Å². The topological polar surface area (TPSA) is 67.9 Å². The molecule has 0 radical (unpaired) electrons. The van der Waals surface area contributed by atoms with Gasteiger partial charge in [0, 0.05) is 16.5 Å². The average Bonchev–Trinajstić information content (AvgIpc) is 2.90. The third kappa shape index (κ3) is 6.02. The van der Waals surface area contributed by atoms with E-state index in [1.807, 2.05) is 42.5 Å². The van der Waals surface area contributed by atoms with Crippen LogP contribution in [0.5, 0.6) is 11.5 Å². The second-order valence-corrected chi connectivity index (χ2v) is 10.3. The molecule has 1 N–H and O–H groups in total. The lowest BCUT2D eigenvalue weighted by Gasteiger charge is -2.36. The normalized spacial score (nSPS) is 15.6. The Labute approximate surface area is 225 Å². The highest BCUT2D eigenvalue weighted by Gasteiger charge is 2.39. The maximum absolute atomic E-state index is 13.6. The smallest absolute Gasteiger partial charge is 0.241 e. The quantitative estimate of drug-likeness (QED) is 0.387. The fourth-order valence-corrected chi connectivity index (χ4v) is 5.72. The van der Waals surface area contributed by atoms with Gasteiger partial charge < -0.3 is 19.7 Å². The van der Waals surface area contributed by atoms with E-state index in [4.69, 9.17) is 21.1 Å². The van der Waals surface area contributed by atoms with Gasteiger partial charge in [-0.05, 0) is 53.9 Å². The summed E-state index contributed by atoms with van der Waals surface area (Å²) in [5.74, 6) is -0.141. The number of anilines is 1. The van der Waals surface area contributed by atoms with Crippen molar-refractivity contribution in [1.29, 1.82) is 0 Å². The third-order valence-electron chi connectivity index (χ3n) is 6.29. The number of halogens is 2. The molecule has 4 rings (SSSR count). The van der Waals surface area contributed by atoms with Crippen LogP contribution in [0.25, 0.3) is 0 Å². The van der Waals surface area contributed by atoms with Gasteiger partial charge >= 0.3 is 0 Å². The highest BCUT2D eigenvalue weighted by Crippen LogP contribution is 2.42. The van der Waals surface area contributed by atoms with Crippen LogP contribution >= 0.6 is 23.4 Å². The maximum Gasteiger partial charge on any atom is 0.241 e. The molecule has 1 aliphatic heterocycles. The van der Waals surface area contributed by atoms with E-state index in [1.165, 1.54) is 23.9 Å². The van der Waals surface area contributed by atoms with Crippen molar-refractivity contribution in [1.82, 2.24) is 5.32 Å². The zero-order valence-electron chi connectivity index (χ0n) is 20.8. The number of amides is 2. The van der Waals surface area contributed by atoms with Gasteiger partial charge in [0.25, 0.3) is 0 Å². The number of fused-ring (bicyclic) bond motifs is 1. The predicted octanol–water partition coefficient (Wildman–Crippen LogP) is 5.50. The Balaban J connectivity index is 1.46. The standard InChI is InChI=1S/C28H28ClFN2O4S/c1-17(27(33)31-13-12-18-8-11-23(35-2)24(14-18)36-3)26-28(34)32(22-6-4-5-7-25(22)37-26)16-19-9-10-20(30)15-21(19)29/h4-11,14-15,17,26H,12-13,16H2,1-3H3,(H,31,33)/t17-,26-/m0/s1. The molecule has 2 atom stereocenters. The number of methoxy groups -OCH3 is 2. The van der Waals surface area contributed by atoms with Crippen LogP contribution in [-0.4, -0.2) is 37.8 Å². The lowest BCUT2D eigenvalue weighted by molar-refractivity contribution is -0.128. The number of ether oxygens (including phenoxy) is 2. The number of carbonyl (C=O) groups excluding carboxylic acids is 2. The Bertz CT molecular complexity index is 1300. The van der Waals surface area contributed by atoms with E-state index < -0.39 is 17.0 Å². The van der Waals surface area contributed by atoms with E-state index in [0.29, 0.717) is 30.0 Å². The molecule has 0 unspecified atom stereocenters. The second-order valence-electron chi connectivity index (χ2n) is 8.69. The van der Waals surface area contributed by atoms with E-state index in [2.05, 4.69) is 5.32 Å². The minimum Gasteiger partial charge on any atom is -0.493 e. The maximum atomic E-state index is 13.6. The zero-order valence-corrected chi connectivity index (χ0v) is 22.4. The largest absolute Gasteiger partial charge is 0.493 e. The van der Waals surface area contributed by atoms with E-state index in [-0.39, 0.29) is 23.4 Å². The van der Waals surface area contributed by atoms with Crippen molar-refractivity contribution >= 4 is 40.9 Å². The number of para-hydroxylation sites is 1. The van der Waals surface area contributed by atoms with E-state index in [9.17, 15) is 14.0 Å². The van der Waals surface area contributed by atoms with Gasteiger partial charge in [-0.25, -0.2) is 4.39 Å². The first-order valence-electron chi connectivity index (χ1n) is 11.8. The Morgan fingerprint density at radius 1 is 1.11 bits per heavy atom. The molecule has 1 heterocycles. The fourth-order valence-electron chi connectivity index (χ4n) is 4.20. The molecule has 0 saturated carbocycles. The van der Waals surface area contributed by atoms with Crippen molar-refractivity contribution in [3.8, 4) is 11.5 Å². The van der Waals surface area contributed by atoms with Crippen molar-refractivity contribution in [2.75, 3.05) is 25.7 Å². The highest BCUT2D eigenvalue weighted by molar-refractivity contribution is 8.01. The summed E-state index contributed by atoms with van der Waals surface area (Å²) >= 11 is 7.64. The van der Waals surface area contributed by atoms with Gasteiger partial charge in [-0.1, -0.05) is 42.8 Å². The van der Waals surface area contributed by atoms with Crippen LogP contribution in [0.2, 0.25) is 5.02 Å². The van der Waals surface area contributed by atoms with E-state index in [0.717, 1.165) is 16.1 Å². The van der Waals surface area contributed by atoms with Gasteiger partial charge in [0.2, 0.25) is 11.8 Å². The summed E-state index contributed by atoms with van der Waals surface area (Å²) in [4.78, 5) is 29.2. The van der Waals surface area contributed by atoms with Crippen LogP contribution in [0.15, 0.2) is 65.6 Å². The molecule has 0 aliphatic carbocycles. The lowest BCUT2D eigenvalue weighted by atomic mass is 10.0. The molecule has 0 saturated heterocycles. The van der Waals surface area contributed by atoms with Gasteiger partial charge in [0.05, 0.1) is 32.4 Å². The Morgan fingerprint density at radius 2 is 1.86 bits per heavy atom. The molecule has 0 aromatic heterocycles. The number of nitrogens with one attached hydrogen (secondary N) is 1. The number of nitrogens with zero attached hydrogens (tertiary/aromatic N) is 1. The minimum atomic E-state index is -0.616. The summed E-state index contributed by atoms with van der Waals surface area (Å²) in [6.07, 6.45) is 0.600. The number of hydrogen-bond acceptors (Lipinski definition) is 5. The van der Waals surface area contributed by atoms with Gasteiger partial charge in [-0.15, -0.1) is 11.8 Å². The molecule has 3 aromatic carbocycles. The number of rotatable bonds is 9. The molecule has 0 bridgehead atoms. The third-order valence-corrected chi connectivity index (χ3v) is 8.11. The summed E-state index contributed by atoms with van der Waals surface area (Å²) in [6.45, 7) is 2.35. The van der Waals surface area contributed by atoms with Crippen LogP contribution in [0.3, 0.4) is 0 Å². The molecule has 1 aliphatic rings. The SMILES string of the molecule is COc1ccc(CCNC(=O)[C@@H](C)[C@@H]2Sc3ccccc3N(Cc3ccc(F)cc3Cl)C2=O)cc1OC. The molecular formula is C28H28ClFN2O4S. The molecular weight excluding hydrogens is 515 g/mol. The lowest BCUT2D eigenvalue weighted by Crippen LogP contribution is -2.47. The first kappa shape index (κ1) is 26.8.